The van der Waals surface area contributed by atoms with Crippen LogP contribution >= 0.6 is 113 Å². The van der Waals surface area contributed by atoms with E-state index in [2.05, 4.69) is 172 Å². The van der Waals surface area contributed by atoms with Crippen LogP contribution in [0.3, 0.4) is 0 Å². The van der Waals surface area contributed by atoms with Crippen LogP contribution in [0, 0.1) is 0 Å². The first-order valence-corrected chi connectivity index (χ1v) is 32.5. The Bertz CT molecular complexity index is 2850. The first-order chi connectivity index (χ1) is 30.9. The topological polar surface area (TPSA) is 0 Å². The monoisotopic (exact) mass is 1020 g/mol. The summed E-state index contributed by atoms with van der Waals surface area (Å²) in [5, 5.41) is 0. The Balaban J connectivity index is 0.880. The Morgan fingerprint density at radius 2 is 0.492 bits per heavy atom. The number of hydrogen-bond acceptors (Lipinski definition) is 10. The van der Waals surface area contributed by atoms with E-state index in [1.807, 2.05) is 90.7 Å². The molecule has 0 aromatic carbocycles. The highest BCUT2D eigenvalue weighted by Gasteiger charge is 2.39. The van der Waals surface area contributed by atoms with Crippen LogP contribution in [-0.4, -0.2) is 8.07 Å². The van der Waals surface area contributed by atoms with E-state index in [0.717, 1.165) is 12.8 Å². The Kier molecular flexibility index (Phi) is 13.7. The van der Waals surface area contributed by atoms with Crippen LogP contribution < -0.4 is 9.00 Å². The molecule has 63 heavy (non-hydrogen) atoms. The van der Waals surface area contributed by atoms with Gasteiger partial charge in [-0.25, -0.2) is 0 Å². The Morgan fingerprint density at radius 1 is 0.270 bits per heavy atom. The summed E-state index contributed by atoms with van der Waals surface area (Å²) in [7, 11) is -1.99. The Hall–Kier alpha value is -2.78. The Morgan fingerprint density at radius 3 is 0.730 bits per heavy atom. The molecule has 10 heterocycles. The predicted octanol–water partition coefficient (Wildman–Crippen LogP) is 19.9. The van der Waals surface area contributed by atoms with Crippen molar-refractivity contribution >= 4 is 130 Å². The third kappa shape index (κ3) is 9.19. The van der Waals surface area contributed by atoms with Crippen molar-refractivity contribution in [3.05, 3.63) is 131 Å². The molecule has 320 valence electrons. The van der Waals surface area contributed by atoms with Crippen LogP contribution in [0.4, 0.5) is 0 Å². The summed E-state index contributed by atoms with van der Waals surface area (Å²) in [5.74, 6) is 0. The molecule has 0 amide bonds. The SMILES string of the molecule is CCCC[Si](CCCC)(c1ccc(-c2ccc(-c3ccc(-c4ccc(-c5ccc(CC)s5)s4)s3)s2)s1)c1ccc(-c2ccc(-c3ccc(-c4ccc(-c5ccc(CC)s5)s4)s3)s2)s1. The van der Waals surface area contributed by atoms with Gasteiger partial charge in [-0.3, -0.25) is 0 Å². The molecule has 0 aliphatic heterocycles. The van der Waals surface area contributed by atoms with Crippen molar-refractivity contribution in [1.82, 2.24) is 0 Å². The van der Waals surface area contributed by atoms with E-state index in [9.17, 15) is 0 Å². The molecule has 11 heteroatoms. The van der Waals surface area contributed by atoms with Gasteiger partial charge < -0.3 is 0 Å². The molecular formula is C52H48S10Si. The average molecular weight is 1020 g/mol. The predicted molar refractivity (Wildman–Crippen MR) is 298 cm³/mol. The number of thiophene rings is 10. The summed E-state index contributed by atoms with van der Waals surface area (Å²) in [6, 6.07) is 49.8. The highest BCUT2D eigenvalue weighted by Crippen LogP contribution is 2.47. The van der Waals surface area contributed by atoms with Crippen molar-refractivity contribution < 1.29 is 0 Å². The van der Waals surface area contributed by atoms with Crippen molar-refractivity contribution in [2.24, 2.45) is 0 Å². The summed E-state index contributed by atoms with van der Waals surface area (Å²) in [6.45, 7) is 9.22. The van der Waals surface area contributed by atoms with Crippen LogP contribution in [0.15, 0.2) is 121 Å². The van der Waals surface area contributed by atoms with E-state index in [4.69, 9.17) is 0 Å². The van der Waals surface area contributed by atoms with Crippen molar-refractivity contribution in [3.8, 4) is 78.0 Å². The molecule has 10 rings (SSSR count). The van der Waals surface area contributed by atoms with Crippen LogP contribution in [0.5, 0.6) is 0 Å². The lowest BCUT2D eigenvalue weighted by molar-refractivity contribution is 0.839. The number of rotatable bonds is 18. The van der Waals surface area contributed by atoms with Crippen molar-refractivity contribution in [3.63, 3.8) is 0 Å². The van der Waals surface area contributed by atoms with Gasteiger partial charge in [0, 0.05) is 87.8 Å². The molecule has 0 N–H and O–H groups in total. The van der Waals surface area contributed by atoms with Crippen LogP contribution in [0.1, 0.15) is 63.1 Å². The van der Waals surface area contributed by atoms with Crippen LogP contribution in [0.25, 0.3) is 78.0 Å². The summed E-state index contributed by atoms with van der Waals surface area (Å²) < 4.78 is 3.34. The van der Waals surface area contributed by atoms with E-state index in [-0.39, 0.29) is 0 Å². The minimum atomic E-state index is -1.99. The number of aryl methyl sites for hydroxylation is 2. The summed E-state index contributed by atoms with van der Waals surface area (Å²) in [6.07, 6.45) is 7.28. The lowest BCUT2D eigenvalue weighted by Crippen LogP contribution is -2.55. The van der Waals surface area contributed by atoms with Gasteiger partial charge in [0.15, 0.2) is 0 Å². The Labute approximate surface area is 413 Å². The summed E-state index contributed by atoms with van der Waals surface area (Å²) >= 11 is 19.7. The highest BCUT2D eigenvalue weighted by atomic mass is 32.1. The molecule has 10 aromatic rings. The van der Waals surface area contributed by atoms with Gasteiger partial charge in [-0.15, -0.1) is 113 Å². The van der Waals surface area contributed by atoms with Crippen molar-refractivity contribution in [2.45, 2.75) is 78.3 Å². The molecule has 0 unspecified atom stereocenters. The van der Waals surface area contributed by atoms with Crippen molar-refractivity contribution in [2.75, 3.05) is 0 Å². The first kappa shape index (κ1) is 44.1. The maximum absolute atomic E-state index is 2.54. The minimum absolute atomic E-state index is 1.10. The molecule has 0 spiro atoms. The molecule has 0 saturated heterocycles. The summed E-state index contributed by atoms with van der Waals surface area (Å²) in [4.78, 5) is 25.0. The minimum Gasteiger partial charge on any atom is -0.144 e. The van der Waals surface area contributed by atoms with Gasteiger partial charge in [0.05, 0.1) is 0 Å². The van der Waals surface area contributed by atoms with Gasteiger partial charge in [-0.05, 0) is 143 Å². The van der Waals surface area contributed by atoms with E-state index >= 15 is 0 Å². The van der Waals surface area contributed by atoms with E-state index in [1.54, 1.807) is 9.00 Å². The number of hydrogen-bond donors (Lipinski definition) is 0. The fourth-order valence-corrected chi connectivity index (χ4v) is 26.8. The van der Waals surface area contributed by atoms with E-state index in [0.29, 0.717) is 0 Å². The fourth-order valence-electron chi connectivity index (χ4n) is 8.17. The standard InChI is InChI=1S/C52H48S10Si/c1-5-9-31-63(32-10-6-2,51-29-27-49(61-51)47-25-23-45(59-47)43-21-19-41(57-43)39-17-15-37(55-39)35-13-11-33(7-3)53-35)52-30-28-50(62-52)48-26-24-46(60-48)44-22-20-42(58-44)40-18-16-38(56-40)36-14-12-34(8-4)54-36/h11-30H,5-10,31-32H2,1-4H3. The van der Waals surface area contributed by atoms with Gasteiger partial charge in [0.25, 0.3) is 0 Å². The lowest BCUT2D eigenvalue weighted by atomic mass is 10.3. The molecule has 0 atom stereocenters. The van der Waals surface area contributed by atoms with Gasteiger partial charge >= 0.3 is 0 Å². The van der Waals surface area contributed by atoms with Gasteiger partial charge in [-0.1, -0.05) is 65.5 Å². The zero-order chi connectivity index (χ0) is 42.9. The second-order valence-corrected chi connectivity index (χ2v) is 31.8. The van der Waals surface area contributed by atoms with Crippen LogP contribution in [0.2, 0.25) is 12.1 Å². The normalized spacial score (nSPS) is 12.0. The second kappa shape index (κ2) is 19.6. The smallest absolute Gasteiger partial charge is 0.143 e. The maximum atomic E-state index is 2.54. The number of unbranched alkanes of at least 4 members (excludes halogenated alkanes) is 2. The second-order valence-electron chi connectivity index (χ2n) is 15.8. The van der Waals surface area contributed by atoms with Crippen LogP contribution in [-0.2, 0) is 12.8 Å². The molecular weight excluding hydrogens is 973 g/mol. The third-order valence-corrected chi connectivity index (χ3v) is 31.6. The molecule has 0 saturated carbocycles. The van der Waals surface area contributed by atoms with Gasteiger partial charge in [0.1, 0.15) is 8.07 Å². The molecule has 10 aromatic heterocycles. The third-order valence-electron chi connectivity index (χ3n) is 11.7. The molecule has 0 bridgehead atoms. The molecule has 0 aliphatic carbocycles. The zero-order valence-corrected chi connectivity index (χ0v) is 45.0. The van der Waals surface area contributed by atoms with Gasteiger partial charge in [0.2, 0.25) is 0 Å². The largest absolute Gasteiger partial charge is 0.144 e. The first-order valence-electron chi connectivity index (χ1n) is 21.9. The fraction of sp³-hybridized carbons (Fsp3) is 0.231. The lowest BCUT2D eigenvalue weighted by Gasteiger charge is -2.30. The highest BCUT2D eigenvalue weighted by molar-refractivity contribution is 7.40. The molecule has 0 radical (unpaired) electrons. The molecule has 0 nitrogen and oxygen atoms in total. The van der Waals surface area contributed by atoms with E-state index in [1.165, 1.54) is 126 Å². The zero-order valence-electron chi connectivity index (χ0n) is 35.8. The summed E-state index contributed by atoms with van der Waals surface area (Å²) in [5.41, 5.74) is 0. The van der Waals surface area contributed by atoms with Gasteiger partial charge in [-0.2, -0.15) is 0 Å². The van der Waals surface area contributed by atoms with E-state index < -0.39 is 8.07 Å². The molecule has 0 aliphatic rings. The maximum Gasteiger partial charge on any atom is 0.143 e. The quantitative estimate of drug-likeness (QED) is 0.0752. The van der Waals surface area contributed by atoms with Crippen molar-refractivity contribution in [1.29, 1.82) is 0 Å². The molecule has 0 fully saturated rings. The average Bonchev–Trinajstić information content (AvgIpc) is 4.16.